The first kappa shape index (κ1) is 17.2. The predicted octanol–water partition coefficient (Wildman–Crippen LogP) is 1.20. The van der Waals surface area contributed by atoms with Crippen LogP contribution in [0.3, 0.4) is 0 Å². The first-order chi connectivity index (χ1) is 10.1. The van der Waals surface area contributed by atoms with Crippen LogP contribution in [0.4, 0.5) is 5.82 Å². The van der Waals surface area contributed by atoms with Crippen molar-refractivity contribution in [3.05, 3.63) is 11.9 Å². The van der Waals surface area contributed by atoms with Crippen LogP contribution in [0.2, 0.25) is 0 Å². The third-order valence-corrected chi connectivity index (χ3v) is 2.97. The van der Waals surface area contributed by atoms with Crippen molar-refractivity contribution >= 4 is 11.8 Å². The summed E-state index contributed by atoms with van der Waals surface area (Å²) in [5.74, 6) is 1.05. The molecule has 1 aromatic heterocycles. The van der Waals surface area contributed by atoms with Crippen LogP contribution in [0.15, 0.2) is 6.33 Å². The Morgan fingerprint density at radius 1 is 1.29 bits per heavy atom. The van der Waals surface area contributed by atoms with E-state index in [-0.39, 0.29) is 12.4 Å². The lowest BCUT2D eigenvalue weighted by Crippen LogP contribution is -2.31. The monoisotopic (exact) mass is 297 g/mol. The summed E-state index contributed by atoms with van der Waals surface area (Å²) in [6, 6.07) is 0. The smallest absolute Gasteiger partial charge is 0.307 e. The molecule has 0 spiro atoms. The summed E-state index contributed by atoms with van der Waals surface area (Å²) >= 11 is 0. The zero-order valence-electron chi connectivity index (χ0n) is 13.1. The maximum Gasteiger partial charge on any atom is 0.307 e. The molecule has 0 amide bonds. The van der Waals surface area contributed by atoms with E-state index in [9.17, 15) is 4.79 Å². The van der Waals surface area contributed by atoms with Crippen molar-refractivity contribution in [3.63, 3.8) is 0 Å². The number of aromatic nitrogens is 2. The van der Waals surface area contributed by atoms with Gasteiger partial charge in [-0.15, -0.1) is 0 Å². The van der Waals surface area contributed by atoms with Gasteiger partial charge in [0.05, 0.1) is 32.3 Å². The number of esters is 1. The molecule has 0 aliphatic carbocycles. The molecule has 1 rings (SSSR count). The molecule has 0 saturated carbocycles. The average molecular weight is 297 g/mol. The molecule has 0 fully saturated rings. The Labute approximate surface area is 125 Å². The van der Waals surface area contributed by atoms with Crippen molar-refractivity contribution < 1.29 is 19.0 Å². The van der Waals surface area contributed by atoms with E-state index in [2.05, 4.69) is 14.7 Å². The lowest BCUT2D eigenvalue weighted by molar-refractivity contribution is -0.140. The van der Waals surface area contributed by atoms with Crippen molar-refractivity contribution in [2.75, 3.05) is 45.4 Å². The quantitative estimate of drug-likeness (QED) is 0.634. The molecule has 0 bridgehead atoms. The van der Waals surface area contributed by atoms with Gasteiger partial charge in [-0.25, -0.2) is 9.97 Å². The molecule has 7 nitrogen and oxygen atoms in total. The van der Waals surface area contributed by atoms with Gasteiger partial charge in [0.25, 0.3) is 0 Å². The van der Waals surface area contributed by atoms with Crippen LogP contribution in [0, 0.1) is 6.92 Å². The van der Waals surface area contributed by atoms with Gasteiger partial charge in [-0.1, -0.05) is 0 Å². The van der Waals surface area contributed by atoms with Crippen LogP contribution in [-0.2, 0) is 14.3 Å². The molecule has 0 unspecified atom stereocenters. The Morgan fingerprint density at radius 2 is 2.05 bits per heavy atom. The highest BCUT2D eigenvalue weighted by Crippen LogP contribution is 2.24. The van der Waals surface area contributed by atoms with Crippen LogP contribution in [0.1, 0.15) is 18.9 Å². The van der Waals surface area contributed by atoms with Gasteiger partial charge < -0.3 is 19.1 Å². The van der Waals surface area contributed by atoms with E-state index in [1.165, 1.54) is 13.4 Å². The van der Waals surface area contributed by atoms with Crippen molar-refractivity contribution in [1.82, 2.24) is 9.97 Å². The lowest BCUT2D eigenvalue weighted by Gasteiger charge is -2.24. The number of ether oxygens (including phenoxy) is 3. The minimum atomic E-state index is -0.255. The zero-order valence-corrected chi connectivity index (χ0v) is 13.1. The Balaban J connectivity index is 2.90. The molecule has 0 saturated heterocycles. The van der Waals surface area contributed by atoms with E-state index < -0.39 is 0 Å². The molecule has 0 aliphatic rings. The van der Waals surface area contributed by atoms with Crippen molar-refractivity contribution in [2.24, 2.45) is 0 Å². The molecular weight excluding hydrogens is 274 g/mol. The van der Waals surface area contributed by atoms with Crippen LogP contribution in [0.5, 0.6) is 5.88 Å². The summed E-state index contributed by atoms with van der Waals surface area (Å²) in [6.07, 6.45) is 1.75. The van der Waals surface area contributed by atoms with Crippen LogP contribution >= 0.6 is 0 Å². The van der Waals surface area contributed by atoms with Crippen molar-refractivity contribution in [1.29, 1.82) is 0 Å². The summed E-state index contributed by atoms with van der Waals surface area (Å²) in [5.41, 5.74) is 0.848. The number of hydrogen-bond acceptors (Lipinski definition) is 7. The molecule has 0 aliphatic heterocycles. The summed E-state index contributed by atoms with van der Waals surface area (Å²) in [6.45, 7) is 6.00. The predicted molar refractivity (Wildman–Crippen MR) is 78.7 cm³/mol. The van der Waals surface area contributed by atoms with E-state index in [0.717, 1.165) is 11.4 Å². The molecule has 0 N–H and O–H groups in total. The molecule has 0 radical (unpaired) electrons. The molecule has 118 valence electrons. The third-order valence-electron chi connectivity index (χ3n) is 2.97. The second-order valence-electron chi connectivity index (χ2n) is 4.37. The lowest BCUT2D eigenvalue weighted by atomic mass is 10.2. The van der Waals surface area contributed by atoms with E-state index >= 15 is 0 Å². The Hall–Kier alpha value is -1.89. The fraction of sp³-hybridized carbons (Fsp3) is 0.643. The average Bonchev–Trinajstić information content (AvgIpc) is 2.50. The first-order valence-corrected chi connectivity index (χ1v) is 6.89. The molecule has 0 aromatic carbocycles. The number of methoxy groups -OCH3 is 2. The van der Waals surface area contributed by atoms with E-state index in [0.29, 0.717) is 32.2 Å². The van der Waals surface area contributed by atoms with E-state index in [1.807, 2.05) is 18.7 Å². The standard InChI is InChI=1S/C14H23N3O4/c1-5-21-14-11(2)13(15-10-16-14)17(8-9-19-3)7-6-12(18)20-4/h10H,5-9H2,1-4H3. The van der Waals surface area contributed by atoms with Crippen LogP contribution in [0.25, 0.3) is 0 Å². The van der Waals surface area contributed by atoms with Gasteiger partial charge in [0.15, 0.2) is 0 Å². The van der Waals surface area contributed by atoms with Crippen molar-refractivity contribution in [2.45, 2.75) is 20.3 Å². The highest BCUT2D eigenvalue weighted by atomic mass is 16.5. The van der Waals surface area contributed by atoms with Gasteiger partial charge in [0.2, 0.25) is 5.88 Å². The van der Waals surface area contributed by atoms with Crippen LogP contribution < -0.4 is 9.64 Å². The molecule has 1 heterocycles. The topological polar surface area (TPSA) is 73.8 Å². The number of hydrogen-bond donors (Lipinski definition) is 0. The number of carbonyl (C=O) groups excluding carboxylic acids is 1. The minimum Gasteiger partial charge on any atom is -0.478 e. The van der Waals surface area contributed by atoms with Gasteiger partial charge >= 0.3 is 5.97 Å². The first-order valence-electron chi connectivity index (χ1n) is 6.89. The number of rotatable bonds is 9. The molecule has 21 heavy (non-hydrogen) atoms. The van der Waals surface area contributed by atoms with Gasteiger partial charge in [0.1, 0.15) is 12.1 Å². The fourth-order valence-electron chi connectivity index (χ4n) is 1.88. The number of anilines is 1. The number of nitrogens with zero attached hydrogens (tertiary/aromatic N) is 3. The van der Waals surface area contributed by atoms with Gasteiger partial charge in [0, 0.05) is 20.2 Å². The largest absolute Gasteiger partial charge is 0.478 e. The van der Waals surface area contributed by atoms with E-state index in [4.69, 9.17) is 9.47 Å². The number of carbonyl (C=O) groups is 1. The van der Waals surface area contributed by atoms with Gasteiger partial charge in [-0.05, 0) is 13.8 Å². The summed E-state index contributed by atoms with van der Waals surface area (Å²) < 4.78 is 15.3. The molecule has 1 aromatic rings. The van der Waals surface area contributed by atoms with Crippen LogP contribution in [-0.4, -0.2) is 56.5 Å². The normalized spacial score (nSPS) is 10.3. The summed E-state index contributed by atoms with van der Waals surface area (Å²) in [4.78, 5) is 21.7. The second-order valence-corrected chi connectivity index (χ2v) is 4.37. The van der Waals surface area contributed by atoms with E-state index in [1.54, 1.807) is 7.11 Å². The maximum atomic E-state index is 11.3. The zero-order chi connectivity index (χ0) is 15.7. The Kier molecular flexibility index (Phi) is 7.45. The Morgan fingerprint density at radius 3 is 2.67 bits per heavy atom. The highest BCUT2D eigenvalue weighted by molar-refractivity contribution is 5.70. The van der Waals surface area contributed by atoms with Gasteiger partial charge in [-0.2, -0.15) is 0 Å². The Bertz CT molecular complexity index is 454. The highest BCUT2D eigenvalue weighted by Gasteiger charge is 2.16. The minimum absolute atomic E-state index is 0.255. The maximum absolute atomic E-state index is 11.3. The molecule has 0 atom stereocenters. The summed E-state index contributed by atoms with van der Waals surface area (Å²) in [5, 5.41) is 0. The third kappa shape index (κ3) is 5.18. The summed E-state index contributed by atoms with van der Waals surface area (Å²) in [7, 11) is 3.02. The van der Waals surface area contributed by atoms with Gasteiger partial charge in [-0.3, -0.25) is 4.79 Å². The molecular formula is C14H23N3O4. The SMILES string of the molecule is CCOc1ncnc(N(CCOC)CCC(=O)OC)c1C. The molecule has 7 heteroatoms. The van der Waals surface area contributed by atoms with Crippen molar-refractivity contribution in [3.8, 4) is 5.88 Å². The fourth-order valence-corrected chi connectivity index (χ4v) is 1.88. The second kappa shape index (κ2) is 9.12.